The van der Waals surface area contributed by atoms with Crippen LogP contribution in [0.3, 0.4) is 0 Å². The minimum Gasteiger partial charge on any atom is -0.481 e. The summed E-state index contributed by atoms with van der Waals surface area (Å²) in [6.07, 6.45) is -1.61. The van der Waals surface area contributed by atoms with Gasteiger partial charge in [-0.1, -0.05) is 45.0 Å². The number of hydrogen-bond donors (Lipinski definition) is 4. The number of nitrogens with zero attached hydrogens (tertiary/aromatic N) is 2. The second kappa shape index (κ2) is 11.4. The van der Waals surface area contributed by atoms with Crippen molar-refractivity contribution in [2.75, 3.05) is 6.54 Å². The number of thiazole rings is 1. The van der Waals surface area contributed by atoms with Gasteiger partial charge in [-0.15, -0.1) is 11.3 Å². The molecule has 3 amide bonds. The van der Waals surface area contributed by atoms with Gasteiger partial charge in [0, 0.05) is 13.0 Å². The Bertz CT molecular complexity index is 1160. The van der Waals surface area contributed by atoms with Crippen LogP contribution in [0, 0.1) is 12.3 Å². The topological polar surface area (TPSA) is 149 Å². The Morgan fingerprint density at radius 3 is 2.35 bits per heavy atom. The van der Waals surface area contributed by atoms with Crippen molar-refractivity contribution in [2.24, 2.45) is 5.41 Å². The standard InChI is InChI=1S/C26H34N4O6S/c1-14(16-6-8-17(9-7-16)22-15(2)27-13-37-22)28-24(35)19-10-18(31)12-30(19)25(36)23(26(3,4)5)29-20(32)11-21(33)34/h6-9,13-14,18-19,23,31H,10-12H2,1-5H3,(H,28,35)(H,29,32)(H,33,34)/t14?,18-,19+,23?/m1/s1. The van der Waals surface area contributed by atoms with Gasteiger partial charge in [0.25, 0.3) is 0 Å². The van der Waals surface area contributed by atoms with E-state index in [1.165, 1.54) is 4.90 Å². The molecule has 0 saturated carbocycles. The molecule has 4 N–H and O–H groups in total. The molecule has 200 valence electrons. The Kier molecular flexibility index (Phi) is 8.70. The maximum absolute atomic E-state index is 13.5. The van der Waals surface area contributed by atoms with E-state index < -0.39 is 53.7 Å². The van der Waals surface area contributed by atoms with Crippen molar-refractivity contribution in [3.05, 3.63) is 41.0 Å². The molecule has 11 heteroatoms. The third kappa shape index (κ3) is 6.92. The Morgan fingerprint density at radius 1 is 1.16 bits per heavy atom. The summed E-state index contributed by atoms with van der Waals surface area (Å²) in [4.78, 5) is 56.4. The largest absolute Gasteiger partial charge is 0.481 e. The first-order valence-electron chi connectivity index (χ1n) is 12.1. The average molecular weight is 531 g/mol. The number of aliphatic carboxylic acids is 1. The van der Waals surface area contributed by atoms with E-state index >= 15 is 0 Å². The van der Waals surface area contributed by atoms with E-state index in [2.05, 4.69) is 15.6 Å². The van der Waals surface area contributed by atoms with E-state index in [1.807, 2.05) is 38.1 Å². The number of nitrogens with one attached hydrogen (secondary N) is 2. The molecule has 1 aromatic heterocycles. The van der Waals surface area contributed by atoms with Crippen molar-refractivity contribution < 1.29 is 29.4 Å². The summed E-state index contributed by atoms with van der Waals surface area (Å²) in [7, 11) is 0. The molecule has 0 bridgehead atoms. The zero-order valence-corrected chi connectivity index (χ0v) is 22.5. The van der Waals surface area contributed by atoms with Crippen LogP contribution in [0.15, 0.2) is 29.8 Å². The molecule has 3 rings (SSSR count). The Balaban J connectivity index is 1.72. The number of rotatable bonds is 8. The van der Waals surface area contributed by atoms with Crippen LogP contribution >= 0.6 is 11.3 Å². The summed E-state index contributed by atoms with van der Waals surface area (Å²) in [5.41, 5.74) is 3.91. The van der Waals surface area contributed by atoms with Crippen LogP contribution in [-0.4, -0.2) is 68.5 Å². The molecule has 0 radical (unpaired) electrons. The fourth-order valence-electron chi connectivity index (χ4n) is 4.36. The molecule has 4 atom stereocenters. The minimum atomic E-state index is -1.31. The summed E-state index contributed by atoms with van der Waals surface area (Å²) in [6.45, 7) is 8.93. The number of aliphatic hydroxyl groups is 1. The number of carboxylic acids is 1. The summed E-state index contributed by atoms with van der Waals surface area (Å²) >= 11 is 1.56. The highest BCUT2D eigenvalue weighted by Crippen LogP contribution is 2.29. The average Bonchev–Trinajstić information content (AvgIpc) is 3.41. The SMILES string of the molecule is Cc1ncsc1-c1ccc(C(C)NC(=O)[C@@H]2C[C@@H](O)CN2C(=O)C(NC(=O)CC(=O)O)C(C)(C)C)cc1. The van der Waals surface area contributed by atoms with Gasteiger partial charge in [0.05, 0.1) is 28.2 Å². The number of β-amino-alcohol motifs (C(OH)–C–C–N with tert-alkyl or cyclic N) is 1. The zero-order valence-electron chi connectivity index (χ0n) is 21.6. The number of carbonyl (C=O) groups is 4. The van der Waals surface area contributed by atoms with Gasteiger partial charge in [0.1, 0.15) is 18.5 Å². The number of benzene rings is 1. The Morgan fingerprint density at radius 2 is 1.81 bits per heavy atom. The lowest BCUT2D eigenvalue weighted by Gasteiger charge is -2.35. The van der Waals surface area contributed by atoms with Crippen molar-refractivity contribution in [3.63, 3.8) is 0 Å². The lowest BCUT2D eigenvalue weighted by molar-refractivity contribution is -0.146. The number of carboxylic acid groups (broad SMARTS) is 1. The molecule has 1 aliphatic rings. The normalized spacial score (nSPS) is 19.2. The van der Waals surface area contributed by atoms with Gasteiger partial charge in [-0.2, -0.15) is 0 Å². The summed E-state index contributed by atoms with van der Waals surface area (Å²) in [5.74, 6) is -3.06. The number of amides is 3. The summed E-state index contributed by atoms with van der Waals surface area (Å²) in [6, 6.07) is 5.46. The number of likely N-dealkylation sites (tertiary alicyclic amines) is 1. The molecule has 1 saturated heterocycles. The van der Waals surface area contributed by atoms with Crippen LogP contribution in [-0.2, 0) is 19.2 Å². The molecule has 0 spiro atoms. The third-order valence-electron chi connectivity index (χ3n) is 6.37. The number of carbonyl (C=O) groups excluding carboxylic acids is 3. The first-order valence-corrected chi connectivity index (χ1v) is 13.0. The Hall–Kier alpha value is -3.31. The lowest BCUT2D eigenvalue weighted by Crippen LogP contribution is -2.58. The van der Waals surface area contributed by atoms with Crippen molar-refractivity contribution in [1.82, 2.24) is 20.5 Å². The van der Waals surface area contributed by atoms with E-state index in [0.717, 1.165) is 21.7 Å². The summed E-state index contributed by atoms with van der Waals surface area (Å²) < 4.78 is 0. The molecular weight excluding hydrogens is 496 g/mol. The van der Waals surface area contributed by atoms with Gasteiger partial charge < -0.3 is 25.7 Å². The maximum atomic E-state index is 13.5. The first-order chi connectivity index (χ1) is 17.3. The van der Waals surface area contributed by atoms with Gasteiger partial charge in [0.15, 0.2) is 0 Å². The smallest absolute Gasteiger partial charge is 0.312 e. The van der Waals surface area contributed by atoms with Crippen molar-refractivity contribution in [3.8, 4) is 10.4 Å². The number of aliphatic hydroxyl groups excluding tert-OH is 1. The van der Waals surface area contributed by atoms with Crippen molar-refractivity contribution in [1.29, 1.82) is 0 Å². The van der Waals surface area contributed by atoms with Gasteiger partial charge >= 0.3 is 5.97 Å². The molecule has 1 aromatic carbocycles. The van der Waals surface area contributed by atoms with E-state index in [9.17, 15) is 24.3 Å². The molecule has 0 aliphatic carbocycles. The molecule has 2 aromatic rings. The monoisotopic (exact) mass is 530 g/mol. The zero-order chi connectivity index (χ0) is 27.5. The van der Waals surface area contributed by atoms with Crippen LogP contribution in [0.25, 0.3) is 10.4 Å². The molecule has 1 fully saturated rings. The van der Waals surface area contributed by atoms with Crippen molar-refractivity contribution >= 4 is 35.0 Å². The number of aromatic nitrogens is 1. The Labute approximate surface area is 220 Å². The van der Waals surface area contributed by atoms with E-state index in [4.69, 9.17) is 5.11 Å². The molecule has 1 aliphatic heterocycles. The molecular formula is C26H34N4O6S. The highest BCUT2D eigenvalue weighted by atomic mass is 32.1. The summed E-state index contributed by atoms with van der Waals surface area (Å²) in [5, 5.41) is 24.6. The van der Waals surface area contributed by atoms with Crippen LogP contribution in [0.5, 0.6) is 0 Å². The van der Waals surface area contributed by atoms with Gasteiger partial charge in [-0.25, -0.2) is 4.98 Å². The number of hydrogen-bond acceptors (Lipinski definition) is 7. The molecule has 2 heterocycles. The molecule has 37 heavy (non-hydrogen) atoms. The van der Waals surface area contributed by atoms with Crippen LogP contribution < -0.4 is 10.6 Å². The second-order valence-corrected chi connectivity index (χ2v) is 11.3. The third-order valence-corrected chi connectivity index (χ3v) is 7.35. The van der Waals surface area contributed by atoms with Crippen LogP contribution in [0.4, 0.5) is 0 Å². The predicted molar refractivity (Wildman–Crippen MR) is 139 cm³/mol. The van der Waals surface area contributed by atoms with Gasteiger partial charge in [-0.3, -0.25) is 19.2 Å². The van der Waals surface area contributed by atoms with Crippen LogP contribution in [0.2, 0.25) is 0 Å². The highest BCUT2D eigenvalue weighted by molar-refractivity contribution is 7.13. The van der Waals surface area contributed by atoms with Gasteiger partial charge in [0.2, 0.25) is 17.7 Å². The lowest BCUT2D eigenvalue weighted by atomic mass is 9.85. The first kappa shape index (κ1) is 28.3. The van der Waals surface area contributed by atoms with Gasteiger partial charge in [-0.05, 0) is 30.4 Å². The van der Waals surface area contributed by atoms with Crippen molar-refractivity contribution in [2.45, 2.75) is 71.7 Å². The van der Waals surface area contributed by atoms with E-state index in [-0.39, 0.29) is 19.0 Å². The quantitative estimate of drug-likeness (QED) is 0.383. The minimum absolute atomic E-state index is 0.0599. The van der Waals surface area contributed by atoms with E-state index in [0.29, 0.717) is 0 Å². The highest BCUT2D eigenvalue weighted by Gasteiger charge is 2.44. The van der Waals surface area contributed by atoms with E-state index in [1.54, 1.807) is 37.6 Å². The molecule has 10 nitrogen and oxygen atoms in total. The predicted octanol–water partition coefficient (Wildman–Crippen LogP) is 2.26. The fraction of sp³-hybridized carbons (Fsp3) is 0.500. The number of aryl methyl sites for hydroxylation is 1. The fourth-order valence-corrected chi connectivity index (χ4v) is 5.18. The molecule has 2 unspecified atom stereocenters. The second-order valence-electron chi connectivity index (χ2n) is 10.5. The maximum Gasteiger partial charge on any atom is 0.312 e. The van der Waals surface area contributed by atoms with Crippen LogP contribution in [0.1, 0.15) is 57.8 Å².